The maximum atomic E-state index is 5.53. The molecule has 0 aromatic heterocycles. The van der Waals surface area contributed by atoms with Gasteiger partial charge in [0, 0.05) is 5.56 Å². The first-order chi connectivity index (χ1) is 6.83. The Kier molecular flexibility index (Phi) is 4.05. The number of hydrogen-bond donors (Lipinski definition) is 0. The summed E-state index contributed by atoms with van der Waals surface area (Å²) in [5, 5.41) is 0. The van der Waals surface area contributed by atoms with Gasteiger partial charge in [0.25, 0.3) is 0 Å². The Labute approximate surface area is 85.2 Å². The fourth-order valence-corrected chi connectivity index (χ4v) is 1.19. The normalized spacial score (nSPS) is 9.57. The minimum atomic E-state index is 0.691. The fourth-order valence-electron chi connectivity index (χ4n) is 1.19. The molecule has 75 valence electrons. The summed E-state index contributed by atoms with van der Waals surface area (Å²) in [7, 11) is 1.62. The first kappa shape index (κ1) is 10.6. The van der Waals surface area contributed by atoms with Crippen molar-refractivity contribution in [2.75, 3.05) is 13.7 Å². The molecule has 0 fully saturated rings. The Hall–Kier alpha value is -1.44. The third-order valence-corrected chi connectivity index (χ3v) is 1.84. The minimum absolute atomic E-state index is 0.691. The van der Waals surface area contributed by atoms with E-state index in [1.54, 1.807) is 7.11 Å². The molecular formula is C12H15O2. The van der Waals surface area contributed by atoms with Crippen LogP contribution in [-0.2, 0) is 0 Å². The lowest BCUT2D eigenvalue weighted by molar-refractivity contribution is 0.294. The molecule has 0 unspecified atom stereocenters. The van der Waals surface area contributed by atoms with Crippen LogP contribution in [-0.4, -0.2) is 13.7 Å². The zero-order valence-corrected chi connectivity index (χ0v) is 8.67. The molecule has 1 aromatic rings. The standard InChI is InChI=1S/C12H15O2/c1-4-9-14-11-8-6-7-10(5-2)12(11)13-3/h6-8H,2,4,9H2,1,3H3. The van der Waals surface area contributed by atoms with Gasteiger partial charge in [-0.2, -0.15) is 0 Å². The van der Waals surface area contributed by atoms with Gasteiger partial charge in [0.2, 0.25) is 0 Å². The Balaban J connectivity index is 2.96. The predicted octanol–water partition coefficient (Wildman–Crippen LogP) is 2.82. The molecule has 0 saturated heterocycles. The topological polar surface area (TPSA) is 18.5 Å². The van der Waals surface area contributed by atoms with Crippen molar-refractivity contribution in [3.8, 4) is 11.5 Å². The van der Waals surface area contributed by atoms with Crippen LogP contribution in [0.15, 0.2) is 24.8 Å². The van der Waals surface area contributed by atoms with Gasteiger partial charge >= 0.3 is 0 Å². The lowest BCUT2D eigenvalue weighted by Gasteiger charge is -2.11. The molecule has 14 heavy (non-hydrogen) atoms. The highest BCUT2D eigenvalue weighted by Crippen LogP contribution is 2.30. The molecule has 0 spiro atoms. The Morgan fingerprint density at radius 2 is 2.21 bits per heavy atom. The third-order valence-electron chi connectivity index (χ3n) is 1.84. The largest absolute Gasteiger partial charge is 0.492 e. The van der Waals surface area contributed by atoms with Gasteiger partial charge in [0.15, 0.2) is 11.5 Å². The molecule has 0 aliphatic rings. The van der Waals surface area contributed by atoms with Gasteiger partial charge in [-0.15, -0.1) is 0 Å². The van der Waals surface area contributed by atoms with Crippen LogP contribution in [0.1, 0.15) is 18.9 Å². The smallest absolute Gasteiger partial charge is 0.168 e. The summed E-state index contributed by atoms with van der Waals surface area (Å²) in [5.74, 6) is 1.46. The highest BCUT2D eigenvalue weighted by Gasteiger charge is 2.06. The second-order valence-corrected chi connectivity index (χ2v) is 2.86. The van der Waals surface area contributed by atoms with Crippen LogP contribution >= 0.6 is 0 Å². The predicted molar refractivity (Wildman–Crippen MR) is 56.8 cm³/mol. The van der Waals surface area contributed by atoms with Crippen LogP contribution in [0.3, 0.4) is 0 Å². The van der Waals surface area contributed by atoms with Gasteiger partial charge in [0.05, 0.1) is 13.7 Å². The van der Waals surface area contributed by atoms with E-state index in [0.29, 0.717) is 12.4 Å². The van der Waals surface area contributed by atoms with Gasteiger partial charge in [-0.25, -0.2) is 0 Å². The van der Waals surface area contributed by atoms with Crippen LogP contribution < -0.4 is 9.47 Å². The lowest BCUT2D eigenvalue weighted by atomic mass is 10.2. The van der Waals surface area contributed by atoms with Crippen molar-refractivity contribution < 1.29 is 9.47 Å². The Morgan fingerprint density at radius 1 is 1.43 bits per heavy atom. The third kappa shape index (κ3) is 2.28. The van der Waals surface area contributed by atoms with E-state index in [-0.39, 0.29) is 0 Å². The quantitative estimate of drug-likeness (QED) is 0.712. The number of ether oxygens (including phenoxy) is 2. The molecule has 0 aliphatic carbocycles. The monoisotopic (exact) mass is 191 g/mol. The maximum Gasteiger partial charge on any atom is 0.168 e. The maximum absolute atomic E-state index is 5.53. The van der Waals surface area contributed by atoms with Gasteiger partial charge in [0.1, 0.15) is 0 Å². The first-order valence-electron chi connectivity index (χ1n) is 4.66. The van der Waals surface area contributed by atoms with E-state index in [4.69, 9.17) is 9.47 Å². The molecule has 2 nitrogen and oxygen atoms in total. The van der Waals surface area contributed by atoms with Crippen molar-refractivity contribution in [1.82, 2.24) is 0 Å². The van der Waals surface area contributed by atoms with Crippen molar-refractivity contribution in [3.63, 3.8) is 0 Å². The van der Waals surface area contributed by atoms with E-state index in [9.17, 15) is 0 Å². The highest BCUT2D eigenvalue weighted by molar-refractivity contribution is 5.48. The molecule has 0 saturated carbocycles. The molecule has 0 heterocycles. The summed E-state index contributed by atoms with van der Waals surface area (Å²) in [5.41, 5.74) is 0.834. The zero-order valence-electron chi connectivity index (χ0n) is 8.67. The molecule has 2 heteroatoms. The van der Waals surface area contributed by atoms with Crippen LogP contribution in [0.4, 0.5) is 0 Å². The summed E-state index contributed by atoms with van der Waals surface area (Å²) in [6, 6.07) is 5.68. The molecule has 0 bridgehead atoms. The highest BCUT2D eigenvalue weighted by atomic mass is 16.5. The van der Waals surface area contributed by atoms with Gasteiger partial charge in [-0.1, -0.05) is 25.6 Å². The molecule has 0 aliphatic heterocycles. The van der Waals surface area contributed by atoms with Gasteiger partial charge < -0.3 is 9.47 Å². The molecule has 1 radical (unpaired) electrons. The van der Waals surface area contributed by atoms with E-state index >= 15 is 0 Å². The van der Waals surface area contributed by atoms with Crippen molar-refractivity contribution in [2.24, 2.45) is 0 Å². The van der Waals surface area contributed by atoms with Crippen LogP contribution in [0.2, 0.25) is 0 Å². The van der Waals surface area contributed by atoms with Crippen LogP contribution in [0, 0.1) is 6.08 Å². The number of para-hydroxylation sites is 1. The molecule has 1 aromatic carbocycles. The summed E-state index contributed by atoms with van der Waals surface area (Å²) in [6.07, 6.45) is 3.79. The van der Waals surface area contributed by atoms with Gasteiger partial charge in [-0.3, -0.25) is 0 Å². The molecular weight excluding hydrogens is 176 g/mol. The number of rotatable bonds is 5. The lowest BCUT2D eigenvalue weighted by Crippen LogP contribution is -1.98. The summed E-state index contributed by atoms with van der Waals surface area (Å²) >= 11 is 0. The molecule has 1 rings (SSSR count). The van der Waals surface area contributed by atoms with E-state index in [1.165, 1.54) is 0 Å². The SMILES string of the molecule is C=[C]c1cccc(OCCC)c1OC. The van der Waals surface area contributed by atoms with E-state index in [2.05, 4.69) is 19.6 Å². The summed E-state index contributed by atoms with van der Waals surface area (Å²) < 4.78 is 10.8. The van der Waals surface area contributed by atoms with Crippen molar-refractivity contribution in [1.29, 1.82) is 0 Å². The zero-order chi connectivity index (χ0) is 10.4. The Bertz CT molecular complexity index is 305. The van der Waals surface area contributed by atoms with Crippen molar-refractivity contribution >= 4 is 0 Å². The average Bonchev–Trinajstić information content (AvgIpc) is 2.25. The van der Waals surface area contributed by atoms with Crippen LogP contribution in [0.25, 0.3) is 0 Å². The average molecular weight is 191 g/mol. The van der Waals surface area contributed by atoms with E-state index < -0.39 is 0 Å². The first-order valence-corrected chi connectivity index (χ1v) is 4.66. The van der Waals surface area contributed by atoms with E-state index in [1.807, 2.05) is 18.2 Å². The van der Waals surface area contributed by atoms with Crippen molar-refractivity contribution in [3.05, 3.63) is 36.4 Å². The van der Waals surface area contributed by atoms with Gasteiger partial charge in [-0.05, 0) is 18.6 Å². The number of benzene rings is 1. The summed E-state index contributed by atoms with van der Waals surface area (Å²) in [6.45, 7) is 6.36. The van der Waals surface area contributed by atoms with E-state index in [0.717, 1.165) is 17.7 Å². The second-order valence-electron chi connectivity index (χ2n) is 2.86. The molecule has 0 atom stereocenters. The minimum Gasteiger partial charge on any atom is -0.492 e. The number of hydrogen-bond acceptors (Lipinski definition) is 2. The summed E-state index contributed by atoms with van der Waals surface area (Å²) in [4.78, 5) is 0. The molecule has 0 N–H and O–H groups in total. The second kappa shape index (κ2) is 5.32. The van der Waals surface area contributed by atoms with Crippen molar-refractivity contribution in [2.45, 2.75) is 13.3 Å². The fraction of sp³-hybridized carbons (Fsp3) is 0.333. The van der Waals surface area contributed by atoms with Crippen LogP contribution in [0.5, 0.6) is 11.5 Å². The molecule has 0 amide bonds. The number of methoxy groups -OCH3 is 1. The Morgan fingerprint density at radius 3 is 2.79 bits per heavy atom.